The summed E-state index contributed by atoms with van der Waals surface area (Å²) >= 11 is 0. The lowest BCUT2D eigenvalue weighted by molar-refractivity contribution is -0.152. The molecule has 0 radical (unpaired) electrons. The van der Waals surface area contributed by atoms with Gasteiger partial charge < -0.3 is 29.9 Å². The van der Waals surface area contributed by atoms with Crippen LogP contribution in [0.1, 0.15) is 149 Å². The first kappa shape index (κ1) is 39.5. The molecule has 0 aromatic carbocycles. The predicted octanol–water partition coefficient (Wildman–Crippen LogP) is 6.55. The van der Waals surface area contributed by atoms with Crippen molar-refractivity contribution >= 4 is 11.9 Å². The van der Waals surface area contributed by atoms with Gasteiger partial charge in [-0.15, -0.1) is 0 Å². The van der Waals surface area contributed by atoms with Gasteiger partial charge in [-0.05, 0) is 31.6 Å². The summed E-state index contributed by atoms with van der Waals surface area (Å²) in [4.78, 5) is 23.9. The van der Waals surface area contributed by atoms with Crippen LogP contribution >= 0.6 is 0 Å². The van der Waals surface area contributed by atoms with E-state index in [1.807, 2.05) is 6.08 Å². The Balaban J connectivity index is 2.08. The molecule has 0 aromatic rings. The molecule has 1 aliphatic carbocycles. The van der Waals surface area contributed by atoms with Crippen molar-refractivity contribution in [3.05, 3.63) is 12.2 Å². The lowest BCUT2D eigenvalue weighted by Crippen LogP contribution is -2.25. The number of aliphatic hydroxyl groups is 4. The number of ether oxygens (including phenoxy) is 2. The fourth-order valence-corrected chi connectivity index (χ4v) is 5.89. The molecule has 0 aliphatic heterocycles. The molecule has 4 N–H and O–H groups in total. The first-order valence-corrected chi connectivity index (χ1v) is 17.5. The van der Waals surface area contributed by atoms with E-state index in [1.165, 1.54) is 38.5 Å². The molecule has 0 aromatic heterocycles. The summed E-state index contributed by atoms with van der Waals surface area (Å²) < 4.78 is 10.2. The molecule has 0 spiro atoms. The van der Waals surface area contributed by atoms with Crippen LogP contribution < -0.4 is 0 Å². The number of carbonyl (C=O) groups excluding carboxylic acids is 2. The minimum atomic E-state index is -1.02. The zero-order valence-electron chi connectivity index (χ0n) is 27.3. The van der Waals surface area contributed by atoms with Gasteiger partial charge in [0.05, 0.1) is 18.3 Å². The highest BCUT2D eigenvalue weighted by molar-refractivity contribution is 5.69. The maximum atomic E-state index is 12.0. The van der Waals surface area contributed by atoms with Crippen molar-refractivity contribution in [2.45, 2.75) is 173 Å². The fraction of sp³-hybridized carbons (Fsp3) is 0.886. The van der Waals surface area contributed by atoms with Crippen LogP contribution in [0.4, 0.5) is 0 Å². The standard InChI is InChI=1S/C35H64O8/c1-3-5-7-8-9-10-11-12-17-21-34(40)42-26-29(37)27-43-35(41)22-18-14-13-16-20-30-31(33(39)25-32(30)38)24-23-28(36)19-15-6-4-2/h23-24,28-33,36-39H,3-22,25-27H2,1-2H3/b24-23+/t28-,29-,30+,31+,32-,33+/m0/s1. The molecule has 1 aliphatic rings. The van der Waals surface area contributed by atoms with Gasteiger partial charge in [-0.1, -0.05) is 116 Å². The SMILES string of the molecule is CCCCCCCCCCCC(=O)OC[C@H](O)COC(=O)CCCCCC[C@@H]1[C@@H](/C=C/[C@@H](O)CCCCC)[C@H](O)C[C@@H]1O. The van der Waals surface area contributed by atoms with E-state index in [2.05, 4.69) is 13.8 Å². The monoisotopic (exact) mass is 612 g/mol. The van der Waals surface area contributed by atoms with E-state index in [-0.39, 0.29) is 43.4 Å². The summed E-state index contributed by atoms with van der Waals surface area (Å²) in [6.45, 7) is 3.99. The first-order chi connectivity index (χ1) is 20.8. The van der Waals surface area contributed by atoms with Gasteiger partial charge in [0.1, 0.15) is 19.3 Å². The maximum Gasteiger partial charge on any atom is 0.305 e. The van der Waals surface area contributed by atoms with E-state index in [1.54, 1.807) is 6.08 Å². The number of aliphatic hydroxyl groups excluding tert-OH is 4. The van der Waals surface area contributed by atoms with E-state index in [9.17, 15) is 30.0 Å². The topological polar surface area (TPSA) is 134 Å². The molecule has 6 atom stereocenters. The maximum absolute atomic E-state index is 12.0. The van der Waals surface area contributed by atoms with Gasteiger partial charge in [0.25, 0.3) is 0 Å². The molecule has 8 heteroatoms. The molecular formula is C35H64O8. The highest BCUT2D eigenvalue weighted by Gasteiger charge is 2.39. The Hall–Kier alpha value is -1.48. The molecule has 252 valence electrons. The first-order valence-electron chi connectivity index (χ1n) is 17.5. The van der Waals surface area contributed by atoms with E-state index in [0.717, 1.165) is 64.2 Å². The number of rotatable bonds is 27. The van der Waals surface area contributed by atoms with E-state index in [4.69, 9.17) is 9.47 Å². The summed E-state index contributed by atoms with van der Waals surface area (Å²) in [5.41, 5.74) is 0. The van der Waals surface area contributed by atoms with E-state index in [0.29, 0.717) is 25.7 Å². The van der Waals surface area contributed by atoms with E-state index < -0.39 is 24.4 Å². The van der Waals surface area contributed by atoms with Gasteiger partial charge in [-0.3, -0.25) is 9.59 Å². The van der Waals surface area contributed by atoms with Crippen molar-refractivity contribution in [3.8, 4) is 0 Å². The summed E-state index contributed by atoms with van der Waals surface area (Å²) in [7, 11) is 0. The van der Waals surface area contributed by atoms with Gasteiger partial charge in [-0.25, -0.2) is 0 Å². The number of hydrogen-bond acceptors (Lipinski definition) is 8. The Morgan fingerprint density at radius 2 is 1.19 bits per heavy atom. The molecule has 43 heavy (non-hydrogen) atoms. The van der Waals surface area contributed by atoms with Crippen LogP contribution in [0.5, 0.6) is 0 Å². The van der Waals surface area contributed by atoms with Gasteiger partial charge >= 0.3 is 11.9 Å². The van der Waals surface area contributed by atoms with Crippen molar-refractivity contribution < 1.29 is 39.5 Å². The van der Waals surface area contributed by atoms with Crippen LogP contribution in [0, 0.1) is 11.8 Å². The Morgan fingerprint density at radius 1 is 0.698 bits per heavy atom. The smallest absolute Gasteiger partial charge is 0.305 e. The second-order valence-electron chi connectivity index (χ2n) is 12.6. The van der Waals surface area contributed by atoms with Crippen molar-refractivity contribution in [2.24, 2.45) is 11.8 Å². The number of esters is 2. The van der Waals surface area contributed by atoms with Gasteiger partial charge in [0.15, 0.2) is 0 Å². The predicted molar refractivity (Wildman–Crippen MR) is 170 cm³/mol. The summed E-state index contributed by atoms with van der Waals surface area (Å²) in [5.74, 6) is -0.876. The molecule has 0 heterocycles. The summed E-state index contributed by atoms with van der Waals surface area (Å²) in [6, 6.07) is 0. The zero-order chi connectivity index (χ0) is 31.7. The Morgan fingerprint density at radius 3 is 1.74 bits per heavy atom. The molecule has 0 amide bonds. The minimum absolute atomic E-state index is 0.0280. The van der Waals surface area contributed by atoms with Crippen LogP contribution in [0.2, 0.25) is 0 Å². The second kappa shape index (κ2) is 25.8. The van der Waals surface area contributed by atoms with Crippen LogP contribution in [-0.2, 0) is 19.1 Å². The van der Waals surface area contributed by atoms with E-state index >= 15 is 0 Å². The highest BCUT2D eigenvalue weighted by Crippen LogP contribution is 2.37. The third kappa shape index (κ3) is 20.2. The molecule has 1 saturated carbocycles. The number of hydrogen-bond donors (Lipinski definition) is 4. The van der Waals surface area contributed by atoms with Crippen molar-refractivity contribution in [1.82, 2.24) is 0 Å². The number of unbranched alkanes of at least 4 members (excludes halogenated alkanes) is 13. The second-order valence-corrected chi connectivity index (χ2v) is 12.6. The van der Waals surface area contributed by atoms with Crippen molar-refractivity contribution in [2.75, 3.05) is 13.2 Å². The molecule has 8 nitrogen and oxygen atoms in total. The fourth-order valence-electron chi connectivity index (χ4n) is 5.89. The Labute approximate surface area is 261 Å². The summed E-state index contributed by atoms with van der Waals surface area (Å²) in [5, 5.41) is 41.0. The van der Waals surface area contributed by atoms with Crippen LogP contribution in [0.3, 0.4) is 0 Å². The molecule has 1 rings (SSSR count). The van der Waals surface area contributed by atoms with Gasteiger partial charge in [0, 0.05) is 25.2 Å². The van der Waals surface area contributed by atoms with Gasteiger partial charge in [-0.2, -0.15) is 0 Å². The zero-order valence-corrected chi connectivity index (χ0v) is 27.3. The molecule has 0 bridgehead atoms. The largest absolute Gasteiger partial charge is 0.463 e. The quantitative estimate of drug-likeness (QED) is 0.0466. The minimum Gasteiger partial charge on any atom is -0.463 e. The third-order valence-electron chi connectivity index (χ3n) is 8.60. The van der Waals surface area contributed by atoms with Gasteiger partial charge in [0.2, 0.25) is 0 Å². The Kier molecular flexibility index (Phi) is 23.7. The van der Waals surface area contributed by atoms with Crippen molar-refractivity contribution in [3.63, 3.8) is 0 Å². The lowest BCUT2D eigenvalue weighted by Gasteiger charge is -2.21. The van der Waals surface area contributed by atoms with Crippen molar-refractivity contribution in [1.29, 1.82) is 0 Å². The average Bonchev–Trinajstić information content (AvgIpc) is 3.25. The molecule has 0 unspecified atom stereocenters. The number of carbonyl (C=O) groups is 2. The summed E-state index contributed by atoms with van der Waals surface area (Å²) in [6.07, 6.45) is 20.5. The lowest BCUT2D eigenvalue weighted by atomic mass is 9.88. The average molecular weight is 613 g/mol. The van der Waals surface area contributed by atoms with Crippen LogP contribution in [-0.4, -0.2) is 70.0 Å². The highest BCUT2D eigenvalue weighted by atomic mass is 16.6. The van der Waals surface area contributed by atoms with Crippen LogP contribution in [0.25, 0.3) is 0 Å². The third-order valence-corrected chi connectivity index (χ3v) is 8.60. The Bertz CT molecular complexity index is 727. The molecular weight excluding hydrogens is 548 g/mol. The molecule has 1 fully saturated rings. The normalized spacial score (nSPS) is 21.7. The van der Waals surface area contributed by atoms with Crippen LogP contribution in [0.15, 0.2) is 12.2 Å². The molecule has 0 saturated heterocycles.